The summed E-state index contributed by atoms with van der Waals surface area (Å²) in [5.74, 6) is 1.20. The maximum Gasteiger partial charge on any atom is 0.134 e. The van der Waals surface area contributed by atoms with E-state index in [-0.39, 0.29) is 10.3 Å². The molecule has 0 aliphatic rings. The number of hydrogen-bond donors (Lipinski definition) is 1. The van der Waals surface area contributed by atoms with Crippen LogP contribution in [-0.4, -0.2) is 4.98 Å². The minimum absolute atomic E-state index is 0.290. The summed E-state index contributed by atoms with van der Waals surface area (Å²) in [7, 11) is 0. The maximum atomic E-state index is 5.75. The largest absolute Gasteiger partial charge is 0.457 e. The van der Waals surface area contributed by atoms with Crippen LogP contribution in [0.1, 0.15) is 13.8 Å². The molecule has 0 atom stereocenters. The summed E-state index contributed by atoms with van der Waals surface area (Å²) in [4.78, 5) is 3.82. The van der Waals surface area contributed by atoms with Crippen molar-refractivity contribution in [2.75, 3.05) is 5.73 Å². The molecule has 2 rings (SSSR count). The normalized spacial score (nSPS) is 9.33. The molecular weight excluding hydrogens is 271 g/mol. The molecule has 0 saturated carbocycles. The Bertz CT molecular complexity index is 481. The monoisotopic (exact) mass is 284 g/mol. The van der Waals surface area contributed by atoms with Crippen LogP contribution >= 0.6 is 23.2 Å². The lowest BCUT2D eigenvalue weighted by molar-refractivity contribution is 0.482. The molecule has 0 aliphatic carbocycles. The zero-order valence-corrected chi connectivity index (χ0v) is 11.7. The molecule has 96 valence electrons. The molecule has 0 aliphatic heterocycles. The second kappa shape index (κ2) is 7.09. The first kappa shape index (κ1) is 14.6. The van der Waals surface area contributed by atoms with Gasteiger partial charge in [-0.1, -0.05) is 37.0 Å². The van der Waals surface area contributed by atoms with Crippen LogP contribution < -0.4 is 10.5 Å². The average Bonchev–Trinajstić information content (AvgIpc) is 2.33. The van der Waals surface area contributed by atoms with Gasteiger partial charge in [0.25, 0.3) is 0 Å². The topological polar surface area (TPSA) is 48.1 Å². The minimum atomic E-state index is 0.290. The molecule has 0 spiro atoms. The highest BCUT2D eigenvalue weighted by Gasteiger charge is 2.01. The van der Waals surface area contributed by atoms with Gasteiger partial charge in [-0.2, -0.15) is 0 Å². The molecule has 1 heterocycles. The molecule has 0 amide bonds. The smallest absolute Gasteiger partial charge is 0.134 e. The van der Waals surface area contributed by atoms with Gasteiger partial charge in [-0.05, 0) is 24.3 Å². The van der Waals surface area contributed by atoms with Gasteiger partial charge in [0.2, 0.25) is 0 Å². The summed E-state index contributed by atoms with van der Waals surface area (Å²) in [6, 6.07) is 10.2. The summed E-state index contributed by atoms with van der Waals surface area (Å²) >= 11 is 11.5. The molecule has 18 heavy (non-hydrogen) atoms. The molecule has 1 aromatic heterocycles. The summed E-state index contributed by atoms with van der Waals surface area (Å²) in [5, 5.41) is 0.580. The SMILES string of the molecule is CC.Nc1ccc(Oc2cc(Cl)nc(Cl)c2)cc1. The third kappa shape index (κ3) is 4.43. The Kier molecular flexibility index (Phi) is 5.75. The van der Waals surface area contributed by atoms with Crippen molar-refractivity contribution in [1.82, 2.24) is 4.98 Å². The van der Waals surface area contributed by atoms with Crippen molar-refractivity contribution < 1.29 is 4.74 Å². The Balaban J connectivity index is 0.000000771. The average molecular weight is 285 g/mol. The number of rotatable bonds is 2. The number of benzene rings is 1. The van der Waals surface area contributed by atoms with Gasteiger partial charge in [0.1, 0.15) is 21.8 Å². The Labute approximate surface area is 117 Å². The van der Waals surface area contributed by atoms with E-state index in [9.17, 15) is 0 Å². The number of halogens is 2. The molecule has 2 aromatic rings. The van der Waals surface area contributed by atoms with Crippen molar-refractivity contribution in [2.24, 2.45) is 0 Å². The van der Waals surface area contributed by atoms with E-state index in [1.54, 1.807) is 36.4 Å². The standard InChI is InChI=1S/C11H8Cl2N2O.C2H6/c12-10-5-9(6-11(13)15-10)16-8-3-1-7(14)2-4-8;1-2/h1-6H,14H2;1-2H3. The van der Waals surface area contributed by atoms with Crippen LogP contribution in [0.25, 0.3) is 0 Å². The van der Waals surface area contributed by atoms with E-state index in [0.717, 1.165) is 0 Å². The summed E-state index contributed by atoms with van der Waals surface area (Å²) in [6.45, 7) is 4.00. The summed E-state index contributed by atoms with van der Waals surface area (Å²) in [5.41, 5.74) is 6.24. The number of nitrogen functional groups attached to an aromatic ring is 1. The fourth-order valence-electron chi connectivity index (χ4n) is 1.17. The van der Waals surface area contributed by atoms with Crippen molar-refractivity contribution in [1.29, 1.82) is 0 Å². The van der Waals surface area contributed by atoms with Gasteiger partial charge in [0.15, 0.2) is 0 Å². The first-order valence-electron chi connectivity index (χ1n) is 5.50. The van der Waals surface area contributed by atoms with Crippen LogP contribution in [-0.2, 0) is 0 Å². The van der Waals surface area contributed by atoms with Crippen molar-refractivity contribution in [2.45, 2.75) is 13.8 Å². The van der Waals surface area contributed by atoms with Gasteiger partial charge in [-0.3, -0.25) is 0 Å². The van der Waals surface area contributed by atoms with Gasteiger partial charge < -0.3 is 10.5 Å². The molecule has 5 heteroatoms. The Morgan fingerprint density at radius 2 is 1.44 bits per heavy atom. The van der Waals surface area contributed by atoms with E-state index in [1.807, 2.05) is 13.8 Å². The lowest BCUT2D eigenvalue weighted by Gasteiger charge is -2.06. The first-order valence-corrected chi connectivity index (χ1v) is 6.25. The van der Waals surface area contributed by atoms with Gasteiger partial charge in [-0.15, -0.1) is 0 Å². The van der Waals surface area contributed by atoms with Crippen molar-refractivity contribution in [3.63, 3.8) is 0 Å². The highest BCUT2D eigenvalue weighted by atomic mass is 35.5. The van der Waals surface area contributed by atoms with Crippen LogP contribution in [0.5, 0.6) is 11.5 Å². The van der Waals surface area contributed by atoms with E-state index in [0.29, 0.717) is 17.2 Å². The third-order valence-corrected chi connectivity index (χ3v) is 2.24. The first-order chi connectivity index (χ1) is 8.63. The Morgan fingerprint density at radius 3 is 1.94 bits per heavy atom. The second-order valence-electron chi connectivity index (χ2n) is 3.12. The predicted octanol–water partition coefficient (Wildman–Crippen LogP) is 4.79. The highest BCUT2D eigenvalue weighted by Crippen LogP contribution is 2.26. The van der Waals surface area contributed by atoms with Crippen LogP contribution in [0.4, 0.5) is 5.69 Å². The molecule has 3 nitrogen and oxygen atoms in total. The maximum absolute atomic E-state index is 5.75. The van der Waals surface area contributed by atoms with Crippen LogP contribution in [0.3, 0.4) is 0 Å². The predicted molar refractivity (Wildman–Crippen MR) is 76.5 cm³/mol. The number of aromatic nitrogens is 1. The molecule has 0 fully saturated rings. The lowest BCUT2D eigenvalue weighted by atomic mass is 10.3. The van der Waals surface area contributed by atoms with Crippen molar-refractivity contribution in [3.8, 4) is 11.5 Å². The fraction of sp³-hybridized carbons (Fsp3) is 0.154. The molecule has 1 aromatic carbocycles. The van der Waals surface area contributed by atoms with Crippen molar-refractivity contribution >= 4 is 28.9 Å². The zero-order chi connectivity index (χ0) is 13.5. The van der Waals surface area contributed by atoms with E-state index >= 15 is 0 Å². The number of nitrogens with two attached hydrogens (primary N) is 1. The molecular formula is C13H14Cl2N2O. The highest BCUT2D eigenvalue weighted by molar-refractivity contribution is 6.32. The number of pyridine rings is 1. The molecule has 0 radical (unpaired) electrons. The fourth-order valence-corrected chi connectivity index (χ4v) is 1.61. The number of hydrogen-bond acceptors (Lipinski definition) is 3. The molecule has 0 unspecified atom stereocenters. The van der Waals surface area contributed by atoms with Gasteiger partial charge in [0.05, 0.1) is 0 Å². The lowest BCUT2D eigenvalue weighted by Crippen LogP contribution is -1.87. The minimum Gasteiger partial charge on any atom is -0.457 e. The van der Waals surface area contributed by atoms with E-state index in [1.165, 1.54) is 0 Å². The van der Waals surface area contributed by atoms with E-state index in [2.05, 4.69) is 4.98 Å². The number of nitrogens with zero attached hydrogens (tertiary/aromatic N) is 1. The van der Waals surface area contributed by atoms with Crippen LogP contribution in [0, 0.1) is 0 Å². The van der Waals surface area contributed by atoms with Gasteiger partial charge in [-0.25, -0.2) is 4.98 Å². The van der Waals surface area contributed by atoms with Crippen LogP contribution in [0.15, 0.2) is 36.4 Å². The number of ether oxygens (including phenoxy) is 1. The van der Waals surface area contributed by atoms with E-state index < -0.39 is 0 Å². The Morgan fingerprint density at radius 1 is 0.944 bits per heavy atom. The summed E-state index contributed by atoms with van der Waals surface area (Å²) in [6.07, 6.45) is 0. The second-order valence-corrected chi connectivity index (χ2v) is 3.89. The van der Waals surface area contributed by atoms with Crippen LogP contribution in [0.2, 0.25) is 10.3 Å². The zero-order valence-electron chi connectivity index (χ0n) is 10.2. The molecule has 0 bridgehead atoms. The van der Waals surface area contributed by atoms with Crippen molar-refractivity contribution in [3.05, 3.63) is 46.7 Å². The third-order valence-electron chi connectivity index (χ3n) is 1.85. The summed E-state index contributed by atoms with van der Waals surface area (Å²) < 4.78 is 5.53. The number of anilines is 1. The van der Waals surface area contributed by atoms with Gasteiger partial charge in [0, 0.05) is 17.8 Å². The van der Waals surface area contributed by atoms with E-state index in [4.69, 9.17) is 33.7 Å². The molecule has 2 N–H and O–H groups in total. The van der Waals surface area contributed by atoms with Gasteiger partial charge >= 0.3 is 0 Å². The Hall–Kier alpha value is -1.45. The quantitative estimate of drug-likeness (QED) is 0.637. The molecule has 0 saturated heterocycles.